The number of hydrogen-bond acceptors (Lipinski definition) is 4. The number of rotatable bonds is 2. The Hall–Kier alpha value is -0.620. The van der Waals surface area contributed by atoms with Crippen molar-refractivity contribution in [2.45, 2.75) is 5.03 Å². The molecule has 12 heavy (non-hydrogen) atoms. The van der Waals surface area contributed by atoms with E-state index in [4.69, 9.17) is 5.11 Å². The van der Waals surface area contributed by atoms with E-state index in [2.05, 4.69) is 25.9 Å². The Kier molecular flexibility index (Phi) is 3.05. The highest BCUT2D eigenvalue weighted by Crippen LogP contribution is 2.15. The van der Waals surface area contributed by atoms with Crippen LogP contribution in [-0.2, 0) is 0 Å². The highest BCUT2D eigenvalue weighted by molar-refractivity contribution is 9.10. The number of carboxylic acids is 1. The molecular formula is C6H5BrN2O2S. The smallest absolute Gasteiger partial charge is 0.354 e. The van der Waals surface area contributed by atoms with E-state index in [0.717, 1.165) is 0 Å². The van der Waals surface area contributed by atoms with Crippen LogP contribution in [0.25, 0.3) is 0 Å². The van der Waals surface area contributed by atoms with E-state index in [1.807, 2.05) is 6.26 Å². The van der Waals surface area contributed by atoms with Gasteiger partial charge in [-0.3, -0.25) is 0 Å². The summed E-state index contributed by atoms with van der Waals surface area (Å²) in [6, 6.07) is 1.43. The maximum absolute atomic E-state index is 10.5. The van der Waals surface area contributed by atoms with Crippen molar-refractivity contribution in [1.82, 2.24) is 9.97 Å². The number of carboxylic acid groups (broad SMARTS) is 1. The van der Waals surface area contributed by atoms with Crippen LogP contribution in [0, 0.1) is 0 Å². The lowest BCUT2D eigenvalue weighted by Crippen LogP contribution is -2.02. The zero-order chi connectivity index (χ0) is 9.14. The van der Waals surface area contributed by atoms with Crippen molar-refractivity contribution in [2.75, 3.05) is 6.26 Å². The van der Waals surface area contributed by atoms with Crippen LogP contribution in [0.15, 0.2) is 15.8 Å². The minimum atomic E-state index is -1.05. The number of nitrogens with zero attached hydrogens (tertiary/aromatic N) is 2. The van der Waals surface area contributed by atoms with Crippen LogP contribution in [0.5, 0.6) is 0 Å². The Labute approximate surface area is 81.5 Å². The van der Waals surface area contributed by atoms with Gasteiger partial charge in [0.05, 0.1) is 0 Å². The second-order valence-electron chi connectivity index (χ2n) is 1.87. The Morgan fingerprint density at radius 1 is 1.67 bits per heavy atom. The number of hydrogen-bond donors (Lipinski definition) is 1. The zero-order valence-electron chi connectivity index (χ0n) is 6.11. The van der Waals surface area contributed by atoms with Crippen molar-refractivity contribution < 1.29 is 9.90 Å². The standard InChI is InChI=1S/C6H5BrN2O2S/c1-12-4-2-3(5(10)11)8-6(7)9-4/h2H,1H3,(H,10,11). The van der Waals surface area contributed by atoms with Crippen LogP contribution < -0.4 is 0 Å². The SMILES string of the molecule is CSc1cc(C(=O)O)nc(Br)n1. The minimum Gasteiger partial charge on any atom is -0.477 e. The summed E-state index contributed by atoms with van der Waals surface area (Å²) in [4.78, 5) is 18.1. The number of aromatic carboxylic acids is 1. The zero-order valence-corrected chi connectivity index (χ0v) is 8.52. The molecule has 1 aromatic heterocycles. The quantitative estimate of drug-likeness (QED) is 0.490. The fourth-order valence-electron chi connectivity index (χ4n) is 0.611. The van der Waals surface area contributed by atoms with E-state index in [9.17, 15) is 4.79 Å². The Bertz CT molecular complexity index is 318. The van der Waals surface area contributed by atoms with Crippen molar-refractivity contribution in [2.24, 2.45) is 0 Å². The van der Waals surface area contributed by atoms with Gasteiger partial charge in [0.15, 0.2) is 10.4 Å². The summed E-state index contributed by atoms with van der Waals surface area (Å²) in [7, 11) is 0. The highest BCUT2D eigenvalue weighted by Gasteiger charge is 2.07. The van der Waals surface area contributed by atoms with Crippen LogP contribution in [0.3, 0.4) is 0 Å². The van der Waals surface area contributed by atoms with Gasteiger partial charge >= 0.3 is 5.97 Å². The fraction of sp³-hybridized carbons (Fsp3) is 0.167. The molecule has 0 spiro atoms. The van der Waals surface area contributed by atoms with E-state index in [1.165, 1.54) is 17.8 Å². The van der Waals surface area contributed by atoms with Crippen LogP contribution in [-0.4, -0.2) is 27.3 Å². The molecule has 0 atom stereocenters. The first kappa shape index (κ1) is 9.47. The van der Waals surface area contributed by atoms with Gasteiger partial charge in [0.2, 0.25) is 0 Å². The lowest BCUT2D eigenvalue weighted by molar-refractivity contribution is 0.0689. The molecule has 0 amide bonds. The molecule has 1 heterocycles. The molecular weight excluding hydrogens is 244 g/mol. The topological polar surface area (TPSA) is 63.1 Å². The molecule has 1 aromatic rings. The molecule has 4 nitrogen and oxygen atoms in total. The molecule has 0 aliphatic heterocycles. The van der Waals surface area contributed by atoms with Crippen molar-refractivity contribution >= 4 is 33.7 Å². The number of halogens is 1. The van der Waals surface area contributed by atoms with E-state index < -0.39 is 5.97 Å². The summed E-state index contributed by atoms with van der Waals surface area (Å²) < 4.78 is 0.298. The lowest BCUT2D eigenvalue weighted by Gasteiger charge is -1.97. The number of aromatic nitrogens is 2. The molecule has 1 rings (SSSR count). The van der Waals surface area contributed by atoms with Crippen LogP contribution in [0.4, 0.5) is 0 Å². The molecule has 1 N–H and O–H groups in total. The Balaban J connectivity index is 3.15. The molecule has 0 radical (unpaired) electrons. The Morgan fingerprint density at radius 3 is 2.83 bits per heavy atom. The monoisotopic (exact) mass is 248 g/mol. The first-order valence-electron chi connectivity index (χ1n) is 2.95. The average molecular weight is 249 g/mol. The molecule has 0 bridgehead atoms. The van der Waals surface area contributed by atoms with Gasteiger partial charge < -0.3 is 5.11 Å². The van der Waals surface area contributed by atoms with E-state index in [-0.39, 0.29) is 5.69 Å². The van der Waals surface area contributed by atoms with Crippen molar-refractivity contribution in [1.29, 1.82) is 0 Å². The van der Waals surface area contributed by atoms with Crippen LogP contribution >= 0.6 is 27.7 Å². The molecule has 0 saturated carbocycles. The normalized spacial score (nSPS) is 9.83. The second kappa shape index (κ2) is 3.86. The van der Waals surface area contributed by atoms with E-state index in [1.54, 1.807) is 0 Å². The van der Waals surface area contributed by atoms with Crippen LogP contribution in [0.1, 0.15) is 10.5 Å². The third-order valence-corrected chi connectivity index (χ3v) is 2.09. The van der Waals surface area contributed by atoms with Gasteiger partial charge in [-0.15, -0.1) is 11.8 Å². The van der Waals surface area contributed by atoms with E-state index >= 15 is 0 Å². The van der Waals surface area contributed by atoms with Gasteiger partial charge in [0.25, 0.3) is 0 Å². The van der Waals surface area contributed by atoms with Gasteiger partial charge in [-0.05, 0) is 22.2 Å². The van der Waals surface area contributed by atoms with E-state index in [0.29, 0.717) is 9.76 Å². The predicted molar refractivity (Wildman–Crippen MR) is 48.5 cm³/mol. The summed E-state index contributed by atoms with van der Waals surface area (Å²) in [6.07, 6.45) is 1.82. The molecule has 0 aliphatic rings. The van der Waals surface area contributed by atoms with Gasteiger partial charge in [-0.25, -0.2) is 14.8 Å². The Morgan fingerprint density at radius 2 is 2.33 bits per heavy atom. The third kappa shape index (κ3) is 2.18. The van der Waals surface area contributed by atoms with Gasteiger partial charge in [0.1, 0.15) is 5.03 Å². The molecule has 0 saturated heterocycles. The molecule has 0 unspecified atom stereocenters. The van der Waals surface area contributed by atoms with Gasteiger partial charge in [-0.1, -0.05) is 0 Å². The summed E-state index contributed by atoms with van der Waals surface area (Å²) in [6.45, 7) is 0. The number of thioether (sulfide) groups is 1. The summed E-state index contributed by atoms with van der Waals surface area (Å²) in [5.41, 5.74) is 0.00113. The largest absolute Gasteiger partial charge is 0.477 e. The summed E-state index contributed by atoms with van der Waals surface area (Å²) in [5, 5.41) is 9.24. The second-order valence-corrected chi connectivity index (χ2v) is 3.41. The summed E-state index contributed by atoms with van der Waals surface area (Å²) in [5.74, 6) is -1.05. The summed E-state index contributed by atoms with van der Waals surface area (Å²) >= 11 is 4.39. The molecule has 0 aromatic carbocycles. The average Bonchev–Trinajstić information content (AvgIpc) is 2.03. The fourth-order valence-corrected chi connectivity index (χ4v) is 1.52. The first-order valence-corrected chi connectivity index (χ1v) is 4.97. The van der Waals surface area contributed by atoms with Gasteiger partial charge in [0, 0.05) is 6.07 Å². The maximum Gasteiger partial charge on any atom is 0.354 e. The lowest BCUT2D eigenvalue weighted by atomic mass is 10.4. The third-order valence-electron chi connectivity index (χ3n) is 1.10. The molecule has 64 valence electrons. The maximum atomic E-state index is 10.5. The number of carbonyl (C=O) groups is 1. The highest BCUT2D eigenvalue weighted by atomic mass is 79.9. The van der Waals surface area contributed by atoms with Crippen molar-refractivity contribution in [3.05, 3.63) is 16.5 Å². The van der Waals surface area contributed by atoms with Crippen molar-refractivity contribution in [3.8, 4) is 0 Å². The molecule has 6 heteroatoms. The van der Waals surface area contributed by atoms with Crippen molar-refractivity contribution in [3.63, 3.8) is 0 Å². The minimum absolute atomic E-state index is 0.00113. The predicted octanol–water partition coefficient (Wildman–Crippen LogP) is 1.66. The first-order chi connectivity index (χ1) is 5.63. The molecule has 0 aliphatic carbocycles. The molecule has 0 fully saturated rings. The van der Waals surface area contributed by atoms with Gasteiger partial charge in [-0.2, -0.15) is 0 Å². The van der Waals surface area contributed by atoms with Crippen LogP contribution in [0.2, 0.25) is 0 Å².